The maximum Gasteiger partial charge on any atom is 0.193 e. The Morgan fingerprint density at radius 1 is 1.12 bits per heavy atom. The lowest BCUT2D eigenvalue weighted by Gasteiger charge is -2.28. The minimum atomic E-state index is 0.436. The van der Waals surface area contributed by atoms with Crippen LogP contribution in [0.15, 0.2) is 53.5 Å². The molecule has 0 atom stereocenters. The number of benzene rings is 2. The molecule has 1 fully saturated rings. The topological polar surface area (TPSA) is 62.9 Å². The largest absolute Gasteiger partial charge is 0.378 e. The summed E-state index contributed by atoms with van der Waals surface area (Å²) in [5.74, 6) is 0.436. The minimum absolute atomic E-state index is 0.436. The van der Waals surface area contributed by atoms with Crippen molar-refractivity contribution in [3.05, 3.63) is 59.7 Å². The van der Waals surface area contributed by atoms with E-state index >= 15 is 0 Å². The van der Waals surface area contributed by atoms with Crippen LogP contribution in [0.25, 0.3) is 0 Å². The molecule has 0 aromatic heterocycles. The van der Waals surface area contributed by atoms with Crippen LogP contribution >= 0.6 is 0 Å². The van der Waals surface area contributed by atoms with Crippen molar-refractivity contribution in [2.75, 3.05) is 36.5 Å². The Kier molecular flexibility index (Phi) is 5.90. The third-order valence-corrected chi connectivity index (χ3v) is 4.35. The number of nitrogens with one attached hydrogen (secondary N) is 1. The van der Waals surface area contributed by atoms with Crippen LogP contribution in [0.4, 0.5) is 11.4 Å². The Labute approximate surface area is 149 Å². The number of ether oxygens (including phenoxy) is 1. The molecule has 1 heterocycles. The van der Waals surface area contributed by atoms with Crippen LogP contribution in [0.1, 0.15) is 18.1 Å². The van der Waals surface area contributed by atoms with E-state index in [1.807, 2.05) is 12.1 Å². The number of hydrogen-bond acceptors (Lipinski definition) is 3. The van der Waals surface area contributed by atoms with E-state index < -0.39 is 0 Å². The standard InChI is InChI=1S/C20H26N4O/c1-2-16-4-3-5-18(14-16)23-20(21)22-15-17-6-8-19(9-7-17)24-10-12-25-13-11-24/h3-9,14H,2,10-13,15H2,1H3,(H3,21,22,23). The average molecular weight is 338 g/mol. The zero-order valence-corrected chi connectivity index (χ0v) is 14.7. The minimum Gasteiger partial charge on any atom is -0.378 e. The predicted molar refractivity (Wildman–Crippen MR) is 104 cm³/mol. The summed E-state index contributed by atoms with van der Waals surface area (Å²) in [7, 11) is 0. The first-order valence-electron chi connectivity index (χ1n) is 8.82. The second-order valence-electron chi connectivity index (χ2n) is 6.15. The number of nitrogens with zero attached hydrogens (tertiary/aromatic N) is 2. The molecule has 0 unspecified atom stereocenters. The second-order valence-corrected chi connectivity index (χ2v) is 6.15. The maximum atomic E-state index is 6.01. The molecule has 1 aliphatic heterocycles. The molecular weight excluding hydrogens is 312 g/mol. The Hall–Kier alpha value is -2.53. The maximum absolute atomic E-state index is 6.01. The van der Waals surface area contributed by atoms with E-state index in [2.05, 4.69) is 58.5 Å². The first-order valence-corrected chi connectivity index (χ1v) is 8.82. The highest BCUT2D eigenvalue weighted by Crippen LogP contribution is 2.17. The number of morpholine rings is 1. The molecule has 0 aliphatic carbocycles. The number of aryl methyl sites for hydroxylation is 1. The molecule has 2 aromatic rings. The van der Waals surface area contributed by atoms with Gasteiger partial charge >= 0.3 is 0 Å². The predicted octanol–water partition coefficient (Wildman–Crippen LogP) is 3.01. The van der Waals surface area contributed by atoms with Gasteiger partial charge in [0.1, 0.15) is 0 Å². The first kappa shape index (κ1) is 17.3. The number of guanidine groups is 1. The number of anilines is 2. The fourth-order valence-electron chi connectivity index (χ4n) is 2.87. The molecule has 0 radical (unpaired) electrons. The summed E-state index contributed by atoms with van der Waals surface area (Å²) in [6, 6.07) is 16.7. The zero-order valence-electron chi connectivity index (χ0n) is 14.7. The van der Waals surface area contributed by atoms with Crippen molar-refractivity contribution in [1.82, 2.24) is 0 Å². The third kappa shape index (κ3) is 4.97. The van der Waals surface area contributed by atoms with Crippen LogP contribution in [0.3, 0.4) is 0 Å². The summed E-state index contributed by atoms with van der Waals surface area (Å²) in [4.78, 5) is 6.78. The normalized spacial score (nSPS) is 15.2. The van der Waals surface area contributed by atoms with Gasteiger partial charge in [-0.25, -0.2) is 4.99 Å². The van der Waals surface area contributed by atoms with Crippen LogP contribution in [0, 0.1) is 0 Å². The lowest BCUT2D eigenvalue weighted by Crippen LogP contribution is -2.36. The van der Waals surface area contributed by atoms with Crippen molar-refractivity contribution in [2.45, 2.75) is 19.9 Å². The van der Waals surface area contributed by atoms with E-state index in [-0.39, 0.29) is 0 Å². The molecular formula is C20H26N4O. The van der Waals surface area contributed by atoms with Crippen molar-refractivity contribution in [2.24, 2.45) is 10.7 Å². The van der Waals surface area contributed by atoms with Gasteiger partial charge in [0.2, 0.25) is 0 Å². The van der Waals surface area contributed by atoms with Gasteiger partial charge in [-0.3, -0.25) is 0 Å². The smallest absolute Gasteiger partial charge is 0.193 e. The van der Waals surface area contributed by atoms with Crippen molar-refractivity contribution < 1.29 is 4.74 Å². The fourth-order valence-corrected chi connectivity index (χ4v) is 2.87. The van der Waals surface area contributed by atoms with Crippen LogP contribution in [-0.2, 0) is 17.7 Å². The number of aliphatic imine (C=N–C) groups is 1. The molecule has 0 saturated carbocycles. The Morgan fingerprint density at radius 3 is 2.60 bits per heavy atom. The lowest BCUT2D eigenvalue weighted by molar-refractivity contribution is 0.122. The molecule has 3 N–H and O–H groups in total. The molecule has 5 heteroatoms. The number of nitrogens with two attached hydrogens (primary N) is 1. The van der Waals surface area contributed by atoms with Crippen molar-refractivity contribution in [1.29, 1.82) is 0 Å². The third-order valence-electron chi connectivity index (χ3n) is 4.35. The van der Waals surface area contributed by atoms with Gasteiger partial charge in [0.05, 0.1) is 19.8 Å². The van der Waals surface area contributed by atoms with E-state index in [0.717, 1.165) is 44.0 Å². The Bertz CT molecular complexity index is 706. The highest BCUT2D eigenvalue weighted by molar-refractivity contribution is 5.92. The summed E-state index contributed by atoms with van der Waals surface area (Å²) in [6.45, 7) is 6.20. The van der Waals surface area contributed by atoms with Gasteiger partial charge in [0.15, 0.2) is 5.96 Å². The van der Waals surface area contributed by atoms with Crippen LogP contribution < -0.4 is 16.0 Å². The van der Waals surface area contributed by atoms with Crippen molar-refractivity contribution in [3.63, 3.8) is 0 Å². The van der Waals surface area contributed by atoms with E-state index in [4.69, 9.17) is 10.5 Å². The van der Waals surface area contributed by atoms with Gasteiger partial charge in [-0.05, 0) is 41.8 Å². The van der Waals surface area contributed by atoms with Crippen LogP contribution in [0.2, 0.25) is 0 Å². The summed E-state index contributed by atoms with van der Waals surface area (Å²) in [5, 5.41) is 3.16. The molecule has 0 spiro atoms. The summed E-state index contributed by atoms with van der Waals surface area (Å²) >= 11 is 0. The molecule has 2 aromatic carbocycles. The van der Waals surface area contributed by atoms with Crippen LogP contribution in [0.5, 0.6) is 0 Å². The first-order chi connectivity index (χ1) is 12.2. The molecule has 1 aliphatic rings. The number of hydrogen-bond donors (Lipinski definition) is 2. The second kappa shape index (κ2) is 8.53. The van der Waals surface area contributed by atoms with E-state index in [1.54, 1.807) is 0 Å². The van der Waals surface area contributed by atoms with Crippen LogP contribution in [-0.4, -0.2) is 32.3 Å². The van der Waals surface area contributed by atoms with Gasteiger partial charge in [0.25, 0.3) is 0 Å². The zero-order chi connectivity index (χ0) is 17.5. The SMILES string of the molecule is CCc1cccc(NC(N)=NCc2ccc(N3CCOCC3)cc2)c1. The Balaban J connectivity index is 1.56. The molecule has 132 valence electrons. The quantitative estimate of drug-likeness (QED) is 0.650. The molecule has 5 nitrogen and oxygen atoms in total. The van der Waals surface area contributed by atoms with E-state index in [9.17, 15) is 0 Å². The molecule has 25 heavy (non-hydrogen) atoms. The van der Waals surface area contributed by atoms with Gasteiger partial charge in [-0.2, -0.15) is 0 Å². The summed E-state index contributed by atoms with van der Waals surface area (Å²) in [5.41, 5.74) is 10.6. The van der Waals surface area contributed by atoms with E-state index in [1.165, 1.54) is 11.3 Å². The van der Waals surface area contributed by atoms with Gasteiger partial charge in [0, 0.05) is 24.5 Å². The number of rotatable bonds is 5. The molecule has 3 rings (SSSR count). The molecule has 0 amide bonds. The van der Waals surface area contributed by atoms with Gasteiger partial charge < -0.3 is 20.7 Å². The van der Waals surface area contributed by atoms with E-state index in [0.29, 0.717) is 12.5 Å². The average Bonchev–Trinajstić information content (AvgIpc) is 2.67. The fraction of sp³-hybridized carbons (Fsp3) is 0.350. The summed E-state index contributed by atoms with van der Waals surface area (Å²) < 4.78 is 5.39. The highest BCUT2D eigenvalue weighted by Gasteiger charge is 2.10. The highest BCUT2D eigenvalue weighted by atomic mass is 16.5. The van der Waals surface area contributed by atoms with Gasteiger partial charge in [-0.1, -0.05) is 31.2 Å². The Morgan fingerprint density at radius 2 is 1.88 bits per heavy atom. The van der Waals surface area contributed by atoms with Crippen molar-refractivity contribution in [3.8, 4) is 0 Å². The lowest BCUT2D eigenvalue weighted by atomic mass is 10.1. The molecule has 1 saturated heterocycles. The molecule has 0 bridgehead atoms. The van der Waals surface area contributed by atoms with Crippen molar-refractivity contribution >= 4 is 17.3 Å². The summed E-state index contributed by atoms with van der Waals surface area (Å²) in [6.07, 6.45) is 1.00. The van der Waals surface area contributed by atoms with Gasteiger partial charge in [-0.15, -0.1) is 0 Å². The monoisotopic (exact) mass is 338 g/mol.